The summed E-state index contributed by atoms with van der Waals surface area (Å²) >= 11 is 0. The molecule has 1 atom stereocenters. The fourth-order valence-corrected chi connectivity index (χ4v) is 1.82. The number of likely N-dealkylation sites (tertiary alicyclic amines) is 1. The van der Waals surface area contributed by atoms with Gasteiger partial charge in [-0.3, -0.25) is 4.79 Å². The number of nitrogens with zero attached hydrogens (tertiary/aromatic N) is 1. The van der Waals surface area contributed by atoms with Crippen LogP contribution in [0.2, 0.25) is 0 Å². The minimum Gasteiger partial charge on any atom is -0.353 e. The van der Waals surface area contributed by atoms with Gasteiger partial charge in [-0.1, -0.05) is 6.08 Å². The van der Waals surface area contributed by atoms with Gasteiger partial charge in [0.1, 0.15) is 0 Å². The second-order valence-corrected chi connectivity index (χ2v) is 4.00. The van der Waals surface area contributed by atoms with Gasteiger partial charge in [-0.05, 0) is 26.4 Å². The van der Waals surface area contributed by atoms with E-state index in [0.29, 0.717) is 19.1 Å². The summed E-state index contributed by atoms with van der Waals surface area (Å²) in [7, 11) is 2.11. The van der Waals surface area contributed by atoms with Crippen LogP contribution in [0.4, 0.5) is 0 Å². The van der Waals surface area contributed by atoms with Crippen LogP contribution in [-0.2, 0) is 4.79 Å². The van der Waals surface area contributed by atoms with E-state index in [0.717, 1.165) is 13.1 Å². The summed E-state index contributed by atoms with van der Waals surface area (Å²) in [6.45, 7) is 6.55. The third-order valence-electron chi connectivity index (χ3n) is 2.78. The molecule has 4 heteroatoms. The maximum Gasteiger partial charge on any atom is 0.234 e. The molecule has 4 nitrogen and oxygen atoms in total. The Kier molecular flexibility index (Phi) is 5.36. The summed E-state index contributed by atoms with van der Waals surface area (Å²) in [5.74, 6) is 0.0668. The average molecular weight is 211 g/mol. The van der Waals surface area contributed by atoms with Crippen LogP contribution in [0.15, 0.2) is 12.7 Å². The van der Waals surface area contributed by atoms with Gasteiger partial charge in [0.05, 0.1) is 6.54 Å². The van der Waals surface area contributed by atoms with Gasteiger partial charge in [-0.15, -0.1) is 6.58 Å². The van der Waals surface area contributed by atoms with Gasteiger partial charge in [0.2, 0.25) is 5.91 Å². The fourth-order valence-electron chi connectivity index (χ4n) is 1.82. The summed E-state index contributed by atoms with van der Waals surface area (Å²) in [5, 5.41) is 5.91. The Morgan fingerprint density at radius 2 is 2.47 bits per heavy atom. The van der Waals surface area contributed by atoms with Crippen LogP contribution in [0.1, 0.15) is 12.8 Å². The molecular weight excluding hydrogens is 190 g/mol. The predicted molar refractivity (Wildman–Crippen MR) is 61.7 cm³/mol. The normalized spacial score (nSPS) is 21.5. The van der Waals surface area contributed by atoms with Crippen LogP contribution in [0.25, 0.3) is 0 Å². The maximum atomic E-state index is 11.4. The first-order valence-corrected chi connectivity index (χ1v) is 5.52. The molecule has 86 valence electrons. The summed E-state index contributed by atoms with van der Waals surface area (Å²) in [6.07, 6.45) is 4.18. The first kappa shape index (κ1) is 12.2. The average Bonchev–Trinajstić information content (AvgIpc) is 2.61. The Balaban J connectivity index is 2.08. The van der Waals surface area contributed by atoms with Crippen LogP contribution in [-0.4, -0.2) is 50.1 Å². The highest BCUT2D eigenvalue weighted by Gasteiger charge is 2.20. The molecule has 1 fully saturated rings. The third-order valence-corrected chi connectivity index (χ3v) is 2.78. The van der Waals surface area contributed by atoms with Crippen molar-refractivity contribution >= 4 is 5.91 Å². The number of nitrogens with one attached hydrogen (secondary N) is 2. The molecule has 0 aromatic heterocycles. The number of hydrogen-bond donors (Lipinski definition) is 2. The van der Waals surface area contributed by atoms with Gasteiger partial charge in [0.15, 0.2) is 0 Å². The summed E-state index contributed by atoms with van der Waals surface area (Å²) < 4.78 is 0. The predicted octanol–water partition coefficient (Wildman–Crippen LogP) is -0.0276. The summed E-state index contributed by atoms with van der Waals surface area (Å²) in [4.78, 5) is 13.7. The standard InChI is InChI=1S/C11H21N3O/c1-3-6-12-9-11(15)13-8-10-5-4-7-14(10)2/h3,10,12H,1,4-9H2,2H3,(H,13,15). The molecule has 0 radical (unpaired) electrons. The number of hydrogen-bond acceptors (Lipinski definition) is 3. The zero-order valence-corrected chi connectivity index (χ0v) is 9.46. The maximum absolute atomic E-state index is 11.4. The van der Waals surface area contributed by atoms with Crippen LogP contribution >= 0.6 is 0 Å². The lowest BCUT2D eigenvalue weighted by Gasteiger charge is -2.19. The minimum atomic E-state index is 0.0668. The molecule has 1 saturated heterocycles. The first-order valence-electron chi connectivity index (χ1n) is 5.52. The molecule has 2 N–H and O–H groups in total. The Morgan fingerprint density at radius 1 is 1.67 bits per heavy atom. The lowest BCUT2D eigenvalue weighted by atomic mass is 10.2. The fraction of sp³-hybridized carbons (Fsp3) is 0.727. The summed E-state index contributed by atoms with van der Waals surface area (Å²) in [6, 6.07) is 0.522. The van der Waals surface area contributed by atoms with Crippen molar-refractivity contribution in [1.82, 2.24) is 15.5 Å². The smallest absolute Gasteiger partial charge is 0.234 e. The molecule has 15 heavy (non-hydrogen) atoms. The van der Waals surface area contributed by atoms with Crippen LogP contribution in [0.3, 0.4) is 0 Å². The van der Waals surface area contributed by atoms with Gasteiger partial charge in [-0.25, -0.2) is 0 Å². The number of carbonyl (C=O) groups is 1. The monoisotopic (exact) mass is 211 g/mol. The van der Waals surface area contributed by atoms with Crippen LogP contribution < -0.4 is 10.6 Å². The van der Waals surface area contributed by atoms with E-state index in [1.165, 1.54) is 12.8 Å². The number of rotatable bonds is 6. The van der Waals surface area contributed by atoms with E-state index in [4.69, 9.17) is 0 Å². The molecular formula is C11H21N3O. The second-order valence-electron chi connectivity index (χ2n) is 4.00. The van der Waals surface area contributed by atoms with Crippen LogP contribution in [0.5, 0.6) is 0 Å². The number of carbonyl (C=O) groups excluding carboxylic acids is 1. The summed E-state index contributed by atoms with van der Waals surface area (Å²) in [5.41, 5.74) is 0. The van der Waals surface area contributed by atoms with Crippen molar-refractivity contribution < 1.29 is 4.79 Å². The van der Waals surface area contributed by atoms with E-state index >= 15 is 0 Å². The Labute approximate surface area is 91.7 Å². The zero-order valence-electron chi connectivity index (χ0n) is 9.46. The minimum absolute atomic E-state index is 0.0668. The van der Waals surface area contributed by atoms with E-state index in [2.05, 4.69) is 29.2 Å². The van der Waals surface area contributed by atoms with E-state index < -0.39 is 0 Å². The topological polar surface area (TPSA) is 44.4 Å². The van der Waals surface area contributed by atoms with Gasteiger partial charge in [0, 0.05) is 19.1 Å². The Hall–Kier alpha value is -0.870. The van der Waals surface area contributed by atoms with Gasteiger partial charge in [-0.2, -0.15) is 0 Å². The van der Waals surface area contributed by atoms with E-state index in [1.54, 1.807) is 6.08 Å². The van der Waals surface area contributed by atoms with E-state index in [9.17, 15) is 4.79 Å². The highest BCUT2D eigenvalue weighted by molar-refractivity contribution is 5.78. The molecule has 1 rings (SSSR count). The molecule has 0 aliphatic carbocycles. The lowest BCUT2D eigenvalue weighted by molar-refractivity contribution is -0.120. The lowest BCUT2D eigenvalue weighted by Crippen LogP contribution is -2.41. The van der Waals surface area contributed by atoms with Crippen molar-refractivity contribution in [2.75, 3.05) is 33.2 Å². The SMILES string of the molecule is C=CCNCC(=O)NCC1CCCN1C. The molecule has 1 aliphatic heterocycles. The Morgan fingerprint density at radius 3 is 3.07 bits per heavy atom. The van der Waals surface area contributed by atoms with E-state index in [1.807, 2.05) is 0 Å². The molecule has 0 aromatic rings. The van der Waals surface area contributed by atoms with Crippen molar-refractivity contribution in [2.45, 2.75) is 18.9 Å². The van der Waals surface area contributed by atoms with Crippen LogP contribution in [0, 0.1) is 0 Å². The van der Waals surface area contributed by atoms with Gasteiger partial charge >= 0.3 is 0 Å². The molecule has 0 bridgehead atoms. The second kappa shape index (κ2) is 6.58. The number of likely N-dealkylation sites (N-methyl/N-ethyl adjacent to an activating group) is 1. The largest absolute Gasteiger partial charge is 0.353 e. The number of amides is 1. The third kappa shape index (κ3) is 4.44. The van der Waals surface area contributed by atoms with E-state index in [-0.39, 0.29) is 5.91 Å². The van der Waals surface area contributed by atoms with Gasteiger partial charge in [0.25, 0.3) is 0 Å². The highest BCUT2D eigenvalue weighted by Crippen LogP contribution is 2.13. The molecule has 0 aromatic carbocycles. The molecule has 1 amide bonds. The van der Waals surface area contributed by atoms with Crippen molar-refractivity contribution in [3.8, 4) is 0 Å². The van der Waals surface area contributed by atoms with Crippen molar-refractivity contribution in [1.29, 1.82) is 0 Å². The van der Waals surface area contributed by atoms with Gasteiger partial charge < -0.3 is 15.5 Å². The van der Waals surface area contributed by atoms with Crippen molar-refractivity contribution in [2.24, 2.45) is 0 Å². The Bertz CT molecular complexity index is 218. The molecule has 0 saturated carbocycles. The van der Waals surface area contributed by atoms with Crippen molar-refractivity contribution in [3.63, 3.8) is 0 Å². The molecule has 1 unspecified atom stereocenters. The molecule has 1 aliphatic rings. The quantitative estimate of drug-likeness (QED) is 0.479. The van der Waals surface area contributed by atoms with Crippen molar-refractivity contribution in [3.05, 3.63) is 12.7 Å². The first-order chi connectivity index (χ1) is 7.24. The molecule has 1 heterocycles. The molecule has 0 spiro atoms. The highest BCUT2D eigenvalue weighted by atomic mass is 16.1. The zero-order chi connectivity index (χ0) is 11.1.